The Labute approximate surface area is 219 Å². The van der Waals surface area contributed by atoms with Gasteiger partial charge in [-0.2, -0.15) is 0 Å². The van der Waals surface area contributed by atoms with Gasteiger partial charge in [0.2, 0.25) is 0 Å². The van der Waals surface area contributed by atoms with Gasteiger partial charge < -0.3 is 8.85 Å². The molecular formula is C31H40O3Si2. The molecule has 3 aromatic rings. The maximum atomic E-state index is 11.6. The molecule has 0 atom stereocenters. The first-order valence-corrected chi connectivity index (χ1v) is 18.2. The molecule has 0 aliphatic rings. The van der Waals surface area contributed by atoms with E-state index < -0.39 is 16.6 Å². The van der Waals surface area contributed by atoms with Crippen molar-refractivity contribution in [3.05, 3.63) is 120 Å². The van der Waals surface area contributed by atoms with Crippen LogP contribution >= 0.6 is 0 Å². The Balaban J connectivity index is 1.98. The molecule has 0 aliphatic heterocycles. The second kappa shape index (κ2) is 14.1. The quantitative estimate of drug-likeness (QED) is 0.0914. The first kappa shape index (κ1) is 27.8. The minimum absolute atomic E-state index is 0.350. The molecule has 0 aromatic heterocycles. The van der Waals surface area contributed by atoms with E-state index >= 15 is 0 Å². The molecule has 0 radical (unpaired) electrons. The molecule has 0 unspecified atom stereocenters. The first-order chi connectivity index (χ1) is 17.5. The van der Waals surface area contributed by atoms with Crippen LogP contribution in [0.5, 0.6) is 0 Å². The van der Waals surface area contributed by atoms with E-state index in [0.29, 0.717) is 6.61 Å². The molecule has 0 saturated carbocycles. The molecule has 5 heteroatoms. The van der Waals surface area contributed by atoms with Crippen molar-refractivity contribution in [2.24, 2.45) is 0 Å². The Hall–Kier alpha value is -2.74. The standard InChI is InChI=1S/C31H40O3Si2/c1-4-31(32)33-23-16-24-35(5-2,6-3)34-36(25-28-17-10-7-11-18-28,26-29-19-12-8-13-20-29)27-30-21-14-9-15-22-30/h4,7-15,17-22H,1,5-6,16,23-27H2,2-3H3. The van der Waals surface area contributed by atoms with E-state index in [2.05, 4.69) is 111 Å². The molecule has 0 heterocycles. The van der Waals surface area contributed by atoms with Crippen molar-refractivity contribution < 1.29 is 13.6 Å². The number of esters is 1. The van der Waals surface area contributed by atoms with Crippen LogP contribution in [0.2, 0.25) is 18.1 Å². The lowest BCUT2D eigenvalue weighted by molar-refractivity contribution is -0.137. The van der Waals surface area contributed by atoms with Crippen molar-refractivity contribution in [2.45, 2.75) is 56.5 Å². The number of carbonyl (C=O) groups is 1. The highest BCUT2D eigenvalue weighted by molar-refractivity contribution is 6.86. The van der Waals surface area contributed by atoms with Crippen molar-refractivity contribution >= 4 is 22.6 Å². The Morgan fingerprint density at radius 1 is 0.722 bits per heavy atom. The van der Waals surface area contributed by atoms with E-state index in [1.807, 2.05) is 0 Å². The summed E-state index contributed by atoms with van der Waals surface area (Å²) in [5, 5.41) is 0. The fraction of sp³-hybridized carbons (Fsp3) is 0.323. The van der Waals surface area contributed by atoms with E-state index in [0.717, 1.165) is 42.7 Å². The minimum atomic E-state index is -2.35. The number of benzene rings is 3. The maximum Gasteiger partial charge on any atom is 0.330 e. The molecule has 36 heavy (non-hydrogen) atoms. The monoisotopic (exact) mass is 516 g/mol. The third-order valence-corrected chi connectivity index (χ3v) is 17.5. The fourth-order valence-electron chi connectivity index (χ4n) is 5.08. The molecule has 3 nitrogen and oxygen atoms in total. The largest absolute Gasteiger partial charge is 0.463 e. The summed E-state index contributed by atoms with van der Waals surface area (Å²) in [4.78, 5) is 11.6. The lowest BCUT2D eigenvalue weighted by Crippen LogP contribution is -2.56. The molecule has 0 saturated heterocycles. The third-order valence-electron chi connectivity index (χ3n) is 7.02. The van der Waals surface area contributed by atoms with Gasteiger partial charge >= 0.3 is 5.97 Å². The molecule has 0 N–H and O–H groups in total. The van der Waals surface area contributed by atoms with Crippen LogP contribution in [0.3, 0.4) is 0 Å². The Morgan fingerprint density at radius 2 is 1.14 bits per heavy atom. The van der Waals surface area contributed by atoms with E-state index in [1.54, 1.807) is 0 Å². The molecule has 190 valence electrons. The van der Waals surface area contributed by atoms with Crippen LogP contribution in [0.1, 0.15) is 37.0 Å². The van der Waals surface area contributed by atoms with E-state index in [-0.39, 0.29) is 5.97 Å². The lowest BCUT2D eigenvalue weighted by Gasteiger charge is -2.42. The topological polar surface area (TPSA) is 35.5 Å². The summed E-state index contributed by atoms with van der Waals surface area (Å²) >= 11 is 0. The second-order valence-corrected chi connectivity index (χ2v) is 18.2. The maximum absolute atomic E-state index is 11.6. The van der Waals surface area contributed by atoms with Crippen LogP contribution in [0.15, 0.2) is 104 Å². The van der Waals surface area contributed by atoms with Gasteiger partial charge in [-0.05, 0) is 59.4 Å². The van der Waals surface area contributed by atoms with Crippen molar-refractivity contribution in [3.63, 3.8) is 0 Å². The number of carbonyl (C=O) groups excluding carboxylic acids is 1. The summed E-state index contributed by atoms with van der Waals surface area (Å²) in [6, 6.07) is 38.6. The Morgan fingerprint density at radius 3 is 1.50 bits per heavy atom. The van der Waals surface area contributed by atoms with Gasteiger partial charge in [0.1, 0.15) is 0 Å². The average Bonchev–Trinajstić information content (AvgIpc) is 2.92. The highest BCUT2D eigenvalue weighted by Crippen LogP contribution is 2.33. The van der Waals surface area contributed by atoms with Crippen LogP contribution in [-0.4, -0.2) is 29.2 Å². The number of ether oxygens (including phenoxy) is 1. The summed E-state index contributed by atoms with van der Waals surface area (Å²) in [7, 11) is -4.42. The number of rotatable bonds is 15. The Bertz CT molecular complexity index is 950. The van der Waals surface area contributed by atoms with Crippen molar-refractivity contribution in [1.82, 2.24) is 0 Å². The second-order valence-electron chi connectivity index (χ2n) is 9.64. The average molecular weight is 517 g/mol. The van der Waals surface area contributed by atoms with Crippen LogP contribution in [-0.2, 0) is 31.8 Å². The minimum Gasteiger partial charge on any atom is -0.463 e. The molecule has 0 bridgehead atoms. The lowest BCUT2D eigenvalue weighted by atomic mass is 10.2. The normalized spacial score (nSPS) is 11.7. The van der Waals surface area contributed by atoms with Crippen LogP contribution in [0.4, 0.5) is 0 Å². The van der Waals surface area contributed by atoms with Gasteiger partial charge in [-0.25, -0.2) is 4.79 Å². The van der Waals surface area contributed by atoms with Gasteiger partial charge in [-0.3, -0.25) is 0 Å². The first-order valence-electron chi connectivity index (χ1n) is 13.1. The summed E-state index contributed by atoms with van der Waals surface area (Å²) < 4.78 is 13.0. The third kappa shape index (κ3) is 8.44. The number of hydrogen-bond acceptors (Lipinski definition) is 3. The van der Waals surface area contributed by atoms with Crippen molar-refractivity contribution in [2.75, 3.05) is 6.61 Å². The summed E-state index contributed by atoms with van der Waals surface area (Å²) in [6.07, 6.45) is 2.07. The van der Waals surface area contributed by atoms with Gasteiger partial charge in [-0.1, -0.05) is 111 Å². The van der Waals surface area contributed by atoms with Gasteiger partial charge in [0.15, 0.2) is 16.6 Å². The smallest absolute Gasteiger partial charge is 0.330 e. The molecule has 0 spiro atoms. The molecule has 0 amide bonds. The van der Waals surface area contributed by atoms with Gasteiger partial charge in [-0.15, -0.1) is 0 Å². The number of hydrogen-bond donors (Lipinski definition) is 0. The zero-order chi connectivity index (χ0) is 25.7. The van der Waals surface area contributed by atoms with Crippen LogP contribution in [0.25, 0.3) is 0 Å². The molecule has 3 aromatic carbocycles. The van der Waals surface area contributed by atoms with Gasteiger partial charge in [0, 0.05) is 6.08 Å². The highest BCUT2D eigenvalue weighted by atomic mass is 28.4. The molecule has 3 rings (SSSR count). The van der Waals surface area contributed by atoms with E-state index in [4.69, 9.17) is 8.85 Å². The predicted molar refractivity (Wildman–Crippen MR) is 155 cm³/mol. The van der Waals surface area contributed by atoms with Gasteiger partial charge in [0.25, 0.3) is 0 Å². The van der Waals surface area contributed by atoms with E-state index in [9.17, 15) is 4.79 Å². The van der Waals surface area contributed by atoms with Gasteiger partial charge in [0.05, 0.1) is 6.61 Å². The molecule has 0 fully saturated rings. The van der Waals surface area contributed by atoms with Crippen LogP contribution in [0, 0.1) is 0 Å². The van der Waals surface area contributed by atoms with Crippen molar-refractivity contribution in [1.29, 1.82) is 0 Å². The highest BCUT2D eigenvalue weighted by Gasteiger charge is 2.44. The molecule has 0 aliphatic carbocycles. The summed E-state index contributed by atoms with van der Waals surface area (Å²) in [5.74, 6) is -0.350. The summed E-state index contributed by atoms with van der Waals surface area (Å²) in [5.41, 5.74) is 4.06. The predicted octanol–water partition coefficient (Wildman–Crippen LogP) is 7.40. The van der Waals surface area contributed by atoms with Crippen molar-refractivity contribution in [3.8, 4) is 0 Å². The van der Waals surface area contributed by atoms with E-state index in [1.165, 1.54) is 22.8 Å². The zero-order valence-corrected chi connectivity index (χ0v) is 23.8. The van der Waals surface area contributed by atoms with Crippen LogP contribution < -0.4 is 0 Å². The Kier molecular flexibility index (Phi) is 10.9. The SMILES string of the molecule is C=CC(=O)OCCC[Si](CC)(CC)O[Si](Cc1ccccc1)(Cc1ccccc1)Cc1ccccc1. The fourth-order valence-corrected chi connectivity index (χ4v) is 16.5. The zero-order valence-electron chi connectivity index (χ0n) is 21.8. The molecular weight excluding hydrogens is 477 g/mol. The summed E-state index contributed by atoms with van der Waals surface area (Å²) in [6.45, 7) is 8.51.